The minimum Gasteiger partial charge on any atom is -0.467 e. The van der Waals surface area contributed by atoms with Crippen LogP contribution < -0.4 is 10.6 Å². The number of nitrogens with one attached hydrogen (secondary N) is 2. The van der Waals surface area contributed by atoms with E-state index in [1.165, 1.54) is 0 Å². The molecule has 0 radical (unpaired) electrons. The average molecular weight is 298 g/mol. The van der Waals surface area contributed by atoms with Gasteiger partial charge in [-0.1, -0.05) is 13.8 Å². The Morgan fingerprint density at radius 2 is 2.24 bits per heavy atom. The average Bonchev–Trinajstić information content (AvgIpc) is 2.88. The minimum absolute atomic E-state index is 0.174. The highest BCUT2D eigenvalue weighted by molar-refractivity contribution is 5.74. The third-order valence-electron chi connectivity index (χ3n) is 3.10. The van der Waals surface area contributed by atoms with Crippen molar-refractivity contribution in [3.8, 4) is 0 Å². The molecule has 0 saturated carbocycles. The van der Waals surface area contributed by atoms with Crippen molar-refractivity contribution in [1.29, 1.82) is 0 Å². The van der Waals surface area contributed by atoms with Crippen LogP contribution in [0.5, 0.6) is 0 Å². The number of aliphatic hydroxyl groups is 1. The molecule has 6 nitrogen and oxygen atoms in total. The molecule has 3 N–H and O–H groups in total. The Bertz CT molecular complexity index is 415. The summed E-state index contributed by atoms with van der Waals surface area (Å²) in [6.45, 7) is 6.55. The lowest BCUT2D eigenvalue weighted by atomic mass is 9.87. The summed E-state index contributed by atoms with van der Waals surface area (Å²) < 4.78 is 10.4. The number of urea groups is 1. The second-order valence-corrected chi connectivity index (χ2v) is 6.07. The summed E-state index contributed by atoms with van der Waals surface area (Å²) in [5.74, 6) is 0.648. The molecule has 0 aliphatic heterocycles. The van der Waals surface area contributed by atoms with E-state index in [2.05, 4.69) is 10.6 Å². The summed E-state index contributed by atoms with van der Waals surface area (Å²) in [6, 6.07) is 2.95. The van der Waals surface area contributed by atoms with Gasteiger partial charge in [-0.2, -0.15) is 0 Å². The first kappa shape index (κ1) is 17.5. The van der Waals surface area contributed by atoms with Crippen LogP contribution in [0, 0.1) is 5.41 Å². The van der Waals surface area contributed by atoms with Crippen LogP contribution in [-0.2, 0) is 4.74 Å². The molecule has 0 saturated heterocycles. The first-order valence-electron chi connectivity index (χ1n) is 7.09. The van der Waals surface area contributed by atoms with E-state index in [0.717, 1.165) is 0 Å². The Morgan fingerprint density at radius 3 is 2.76 bits per heavy atom. The lowest BCUT2D eigenvalue weighted by molar-refractivity contribution is 0.127. The Labute approximate surface area is 125 Å². The van der Waals surface area contributed by atoms with Crippen LogP contribution in [-0.4, -0.2) is 37.5 Å². The summed E-state index contributed by atoms with van der Waals surface area (Å²) in [5, 5.41) is 15.1. The van der Waals surface area contributed by atoms with E-state index >= 15 is 0 Å². The number of ether oxygens (including phenoxy) is 1. The molecule has 0 spiro atoms. The molecule has 1 heterocycles. The second kappa shape index (κ2) is 8.05. The van der Waals surface area contributed by atoms with Crippen molar-refractivity contribution in [3.63, 3.8) is 0 Å². The van der Waals surface area contributed by atoms with E-state index in [-0.39, 0.29) is 17.5 Å². The molecule has 0 aliphatic carbocycles. The molecule has 120 valence electrons. The van der Waals surface area contributed by atoms with Crippen molar-refractivity contribution in [2.24, 2.45) is 5.41 Å². The summed E-state index contributed by atoms with van der Waals surface area (Å²) in [5.41, 5.74) is -0.174. The predicted molar refractivity (Wildman–Crippen MR) is 79.9 cm³/mol. The highest BCUT2D eigenvalue weighted by Gasteiger charge is 2.22. The maximum absolute atomic E-state index is 12.0. The highest BCUT2D eigenvalue weighted by Crippen LogP contribution is 2.21. The standard InChI is InChI=1S/C15H26N2O4/c1-11(18)8-15(2,3)10-16-14(19)17-12(9-20-4)13-6-5-7-21-13/h5-7,11-12,18H,8-10H2,1-4H3,(H2,16,17,19). The van der Waals surface area contributed by atoms with Gasteiger partial charge < -0.3 is 24.9 Å². The molecule has 0 aromatic carbocycles. The smallest absolute Gasteiger partial charge is 0.315 e. The van der Waals surface area contributed by atoms with E-state index in [0.29, 0.717) is 25.3 Å². The van der Waals surface area contributed by atoms with Gasteiger partial charge >= 0.3 is 6.03 Å². The number of methoxy groups -OCH3 is 1. The molecule has 2 unspecified atom stereocenters. The fraction of sp³-hybridized carbons (Fsp3) is 0.667. The molecule has 0 bridgehead atoms. The minimum atomic E-state index is -0.394. The van der Waals surface area contributed by atoms with Gasteiger partial charge in [0.25, 0.3) is 0 Å². The van der Waals surface area contributed by atoms with Gasteiger partial charge in [-0.15, -0.1) is 0 Å². The van der Waals surface area contributed by atoms with Gasteiger partial charge in [-0.3, -0.25) is 0 Å². The van der Waals surface area contributed by atoms with E-state index < -0.39 is 6.10 Å². The molecule has 2 atom stereocenters. The van der Waals surface area contributed by atoms with Gasteiger partial charge in [0.15, 0.2) is 0 Å². The Balaban J connectivity index is 2.47. The number of aliphatic hydroxyl groups excluding tert-OH is 1. The van der Waals surface area contributed by atoms with Gasteiger partial charge in [0.05, 0.1) is 19.0 Å². The third kappa shape index (κ3) is 6.64. The monoisotopic (exact) mass is 298 g/mol. The first-order chi connectivity index (χ1) is 9.84. The first-order valence-corrected chi connectivity index (χ1v) is 7.09. The molecular formula is C15H26N2O4. The molecular weight excluding hydrogens is 272 g/mol. The van der Waals surface area contributed by atoms with Gasteiger partial charge in [0, 0.05) is 13.7 Å². The number of hydrogen-bond acceptors (Lipinski definition) is 4. The van der Waals surface area contributed by atoms with Crippen molar-refractivity contribution in [2.75, 3.05) is 20.3 Å². The van der Waals surface area contributed by atoms with Crippen LogP contribution in [0.4, 0.5) is 4.79 Å². The number of amides is 2. The zero-order valence-corrected chi connectivity index (χ0v) is 13.2. The lowest BCUT2D eigenvalue weighted by Crippen LogP contribution is -2.43. The van der Waals surface area contributed by atoms with Crippen molar-refractivity contribution >= 4 is 6.03 Å². The van der Waals surface area contributed by atoms with Gasteiger partial charge in [-0.05, 0) is 30.9 Å². The summed E-state index contributed by atoms with van der Waals surface area (Å²) in [7, 11) is 1.57. The largest absolute Gasteiger partial charge is 0.467 e. The number of carbonyl (C=O) groups is 1. The SMILES string of the molecule is COCC(NC(=O)NCC(C)(C)CC(C)O)c1ccco1. The summed E-state index contributed by atoms with van der Waals surface area (Å²) in [4.78, 5) is 12.0. The molecule has 21 heavy (non-hydrogen) atoms. The topological polar surface area (TPSA) is 83.7 Å². The zero-order valence-electron chi connectivity index (χ0n) is 13.2. The fourth-order valence-corrected chi connectivity index (χ4v) is 2.25. The molecule has 0 fully saturated rings. The van der Waals surface area contributed by atoms with Crippen molar-refractivity contribution in [1.82, 2.24) is 10.6 Å². The normalized spacial score (nSPS) is 14.5. The predicted octanol–water partition coefficient (Wildman–Crippen LogP) is 2.06. The van der Waals surface area contributed by atoms with Crippen LogP contribution in [0.25, 0.3) is 0 Å². The van der Waals surface area contributed by atoms with Crippen LogP contribution in [0.2, 0.25) is 0 Å². The third-order valence-corrected chi connectivity index (χ3v) is 3.10. The Kier molecular flexibility index (Phi) is 6.71. The lowest BCUT2D eigenvalue weighted by Gasteiger charge is -2.27. The molecule has 6 heteroatoms. The van der Waals surface area contributed by atoms with Crippen molar-refractivity contribution < 1.29 is 19.1 Å². The van der Waals surface area contributed by atoms with Crippen molar-refractivity contribution in [2.45, 2.75) is 39.3 Å². The number of rotatable bonds is 8. The summed E-state index contributed by atoms with van der Waals surface area (Å²) >= 11 is 0. The summed E-state index contributed by atoms with van der Waals surface area (Å²) in [6.07, 6.45) is 1.78. The molecule has 2 amide bonds. The van der Waals surface area contributed by atoms with Crippen LogP contribution in [0.3, 0.4) is 0 Å². The molecule has 1 aromatic rings. The van der Waals surface area contributed by atoms with Gasteiger partial charge in [-0.25, -0.2) is 4.79 Å². The zero-order chi connectivity index (χ0) is 15.9. The van der Waals surface area contributed by atoms with Crippen LogP contribution in [0.15, 0.2) is 22.8 Å². The molecule has 0 aliphatic rings. The maximum Gasteiger partial charge on any atom is 0.315 e. The fourth-order valence-electron chi connectivity index (χ4n) is 2.25. The molecule has 1 rings (SSSR count). The van der Waals surface area contributed by atoms with E-state index in [9.17, 15) is 9.90 Å². The van der Waals surface area contributed by atoms with Gasteiger partial charge in [0.1, 0.15) is 11.8 Å². The van der Waals surface area contributed by atoms with E-state index in [1.807, 2.05) is 13.8 Å². The number of carbonyl (C=O) groups excluding carboxylic acids is 1. The maximum atomic E-state index is 12.0. The highest BCUT2D eigenvalue weighted by atomic mass is 16.5. The van der Waals surface area contributed by atoms with E-state index in [1.54, 1.807) is 32.4 Å². The van der Waals surface area contributed by atoms with Crippen LogP contribution >= 0.6 is 0 Å². The van der Waals surface area contributed by atoms with Crippen LogP contribution in [0.1, 0.15) is 39.0 Å². The second-order valence-electron chi connectivity index (χ2n) is 6.07. The quantitative estimate of drug-likeness (QED) is 0.686. The molecule has 1 aromatic heterocycles. The Hall–Kier alpha value is -1.53. The van der Waals surface area contributed by atoms with Gasteiger partial charge in [0.2, 0.25) is 0 Å². The van der Waals surface area contributed by atoms with E-state index in [4.69, 9.17) is 9.15 Å². The Morgan fingerprint density at radius 1 is 1.52 bits per heavy atom. The number of furan rings is 1. The number of hydrogen-bond donors (Lipinski definition) is 3. The van der Waals surface area contributed by atoms with Crippen molar-refractivity contribution in [3.05, 3.63) is 24.2 Å².